The van der Waals surface area contributed by atoms with Crippen molar-refractivity contribution >= 4 is 45.0 Å². The van der Waals surface area contributed by atoms with Crippen LogP contribution in [0.3, 0.4) is 0 Å². The van der Waals surface area contributed by atoms with Crippen molar-refractivity contribution < 1.29 is 23.8 Å². The summed E-state index contributed by atoms with van der Waals surface area (Å²) in [6.07, 6.45) is 0.679. The molecule has 0 unspecified atom stereocenters. The van der Waals surface area contributed by atoms with Crippen LogP contribution in [0.4, 0.5) is 0 Å². The van der Waals surface area contributed by atoms with E-state index in [1.54, 1.807) is 26.2 Å². The second-order valence-electron chi connectivity index (χ2n) is 7.18. The number of fused-ring (bicyclic) bond motifs is 1. The van der Waals surface area contributed by atoms with E-state index in [2.05, 4.69) is 20.8 Å². The van der Waals surface area contributed by atoms with Crippen molar-refractivity contribution in [2.45, 2.75) is 33.3 Å². The number of aromatic nitrogens is 2. The zero-order valence-electron chi connectivity index (χ0n) is 18.8. The third-order valence-corrected chi connectivity index (χ3v) is 6.15. The molecule has 0 spiro atoms. The lowest BCUT2D eigenvalue weighted by Crippen LogP contribution is -2.41. The Morgan fingerprint density at radius 1 is 1.15 bits per heavy atom. The van der Waals surface area contributed by atoms with Crippen LogP contribution in [0.5, 0.6) is 11.6 Å². The average Bonchev–Trinajstić information content (AvgIpc) is 3.12. The van der Waals surface area contributed by atoms with Gasteiger partial charge in [0.2, 0.25) is 11.8 Å². The van der Waals surface area contributed by atoms with Gasteiger partial charge in [0.15, 0.2) is 5.82 Å². The minimum Gasteiger partial charge on any atom is -0.493 e. The van der Waals surface area contributed by atoms with E-state index in [4.69, 9.17) is 25.8 Å². The lowest BCUT2D eigenvalue weighted by atomic mass is 10.2. The molecule has 11 heteroatoms. The van der Waals surface area contributed by atoms with Crippen molar-refractivity contribution in [3.8, 4) is 11.6 Å². The number of nitrogens with zero attached hydrogens (tertiary/aromatic N) is 2. The minimum atomic E-state index is -0.438. The normalized spacial score (nSPS) is 10.8. The molecule has 0 aliphatic rings. The quantitative estimate of drug-likeness (QED) is 0.345. The molecule has 3 aromatic rings. The summed E-state index contributed by atoms with van der Waals surface area (Å²) >= 11 is 7.13. The number of benzene rings is 1. The molecular weight excluding hydrogens is 468 g/mol. The number of rotatable bonds is 9. The fraction of sp³-hybridized carbons (Fsp3) is 0.364. The number of amides is 2. The van der Waals surface area contributed by atoms with Crippen molar-refractivity contribution in [3.05, 3.63) is 45.1 Å². The highest BCUT2D eigenvalue weighted by molar-refractivity contribution is 7.20. The second-order valence-corrected chi connectivity index (χ2v) is 8.62. The summed E-state index contributed by atoms with van der Waals surface area (Å²) in [5.74, 6) is 0.797. The fourth-order valence-electron chi connectivity index (χ4n) is 3.14. The number of halogens is 1. The first-order valence-corrected chi connectivity index (χ1v) is 11.3. The minimum absolute atomic E-state index is 0.192. The van der Waals surface area contributed by atoms with E-state index >= 15 is 0 Å². The van der Waals surface area contributed by atoms with E-state index in [0.717, 1.165) is 11.3 Å². The molecule has 0 bridgehead atoms. The molecule has 33 heavy (non-hydrogen) atoms. The molecule has 9 nitrogen and oxygen atoms in total. The topological polar surface area (TPSA) is 112 Å². The van der Waals surface area contributed by atoms with Gasteiger partial charge in [-0.1, -0.05) is 11.6 Å². The van der Waals surface area contributed by atoms with E-state index < -0.39 is 5.91 Å². The van der Waals surface area contributed by atoms with Crippen LogP contribution in [0, 0.1) is 13.8 Å². The van der Waals surface area contributed by atoms with E-state index in [-0.39, 0.29) is 18.9 Å². The first kappa shape index (κ1) is 24.7. The van der Waals surface area contributed by atoms with Crippen LogP contribution in [0.15, 0.2) is 18.2 Å². The molecule has 0 aliphatic carbocycles. The first-order valence-electron chi connectivity index (χ1n) is 10.1. The lowest BCUT2D eigenvalue weighted by molar-refractivity contribution is -0.122. The van der Waals surface area contributed by atoms with Gasteiger partial charge in [0.25, 0.3) is 5.91 Å². The highest BCUT2D eigenvalue weighted by Gasteiger charge is 2.21. The average molecular weight is 493 g/mol. The Morgan fingerprint density at radius 3 is 2.64 bits per heavy atom. The lowest BCUT2D eigenvalue weighted by Gasteiger charge is -2.10. The molecule has 176 valence electrons. The third kappa shape index (κ3) is 6.10. The van der Waals surface area contributed by atoms with Gasteiger partial charge in [0.1, 0.15) is 17.2 Å². The van der Waals surface area contributed by atoms with Gasteiger partial charge < -0.3 is 14.2 Å². The molecule has 0 saturated carbocycles. The van der Waals surface area contributed by atoms with Crippen molar-refractivity contribution in [1.29, 1.82) is 0 Å². The summed E-state index contributed by atoms with van der Waals surface area (Å²) in [5, 5.41) is 1.30. The molecule has 0 atom stereocenters. The van der Waals surface area contributed by atoms with Crippen LogP contribution in [-0.4, -0.2) is 42.6 Å². The molecule has 0 fully saturated rings. The number of nitrogens with one attached hydrogen (secondary N) is 2. The van der Waals surface area contributed by atoms with E-state index in [9.17, 15) is 9.59 Å². The van der Waals surface area contributed by atoms with Crippen LogP contribution in [-0.2, 0) is 16.1 Å². The third-order valence-electron chi connectivity index (χ3n) is 4.73. The van der Waals surface area contributed by atoms with Crippen LogP contribution in [0.25, 0.3) is 10.2 Å². The smallest absolute Gasteiger partial charge is 0.280 e. The maximum absolute atomic E-state index is 12.7. The summed E-state index contributed by atoms with van der Waals surface area (Å²) in [6.45, 7) is 4.27. The van der Waals surface area contributed by atoms with Gasteiger partial charge in [0, 0.05) is 18.6 Å². The van der Waals surface area contributed by atoms with Gasteiger partial charge in [0.05, 0.1) is 24.0 Å². The number of aryl methyl sites for hydroxylation is 2. The standard InChI is InChI=1S/C22H25ClN4O5S/c1-12-10-14(23)7-8-15(12)32-9-5-6-17(28)26-27-20(29)19-13(2)18-21(31-4)24-16(11-30-3)25-22(18)33-19/h7-8,10H,5-6,9,11H2,1-4H3,(H,26,28)(H,27,29). The number of carbonyl (C=O) groups is 2. The molecule has 2 amide bonds. The number of thiophene rings is 1. The molecule has 2 N–H and O–H groups in total. The Hall–Kier alpha value is -2.95. The van der Waals surface area contributed by atoms with Crippen LogP contribution >= 0.6 is 22.9 Å². The van der Waals surface area contributed by atoms with Crippen LogP contribution < -0.4 is 20.3 Å². The molecule has 2 heterocycles. The van der Waals surface area contributed by atoms with E-state index in [1.165, 1.54) is 18.4 Å². The highest BCUT2D eigenvalue weighted by atomic mass is 35.5. The molecule has 0 radical (unpaired) electrons. The number of hydrazine groups is 1. The predicted octanol–water partition coefficient (Wildman–Crippen LogP) is 3.74. The number of hydrogen-bond acceptors (Lipinski definition) is 8. The Morgan fingerprint density at radius 2 is 1.94 bits per heavy atom. The van der Waals surface area contributed by atoms with Crippen LogP contribution in [0.1, 0.15) is 39.5 Å². The number of hydrogen-bond donors (Lipinski definition) is 2. The first-order chi connectivity index (χ1) is 15.8. The molecular formula is C22H25ClN4O5S. The molecule has 0 saturated heterocycles. The number of ether oxygens (including phenoxy) is 3. The maximum Gasteiger partial charge on any atom is 0.280 e. The van der Waals surface area contributed by atoms with Crippen LogP contribution in [0.2, 0.25) is 5.02 Å². The van der Waals surface area contributed by atoms with Gasteiger partial charge in [-0.05, 0) is 49.6 Å². The van der Waals surface area contributed by atoms with Gasteiger partial charge in [-0.25, -0.2) is 4.98 Å². The van der Waals surface area contributed by atoms with Crippen molar-refractivity contribution in [2.24, 2.45) is 0 Å². The van der Waals surface area contributed by atoms with Crippen molar-refractivity contribution in [1.82, 2.24) is 20.8 Å². The monoisotopic (exact) mass is 492 g/mol. The van der Waals surface area contributed by atoms with E-state index in [0.29, 0.717) is 50.4 Å². The predicted molar refractivity (Wildman–Crippen MR) is 126 cm³/mol. The molecule has 3 rings (SSSR count). The summed E-state index contributed by atoms with van der Waals surface area (Å²) in [7, 11) is 3.06. The highest BCUT2D eigenvalue weighted by Crippen LogP contribution is 2.35. The summed E-state index contributed by atoms with van der Waals surface area (Å²) in [5.41, 5.74) is 6.49. The Balaban J connectivity index is 1.54. The van der Waals surface area contributed by atoms with Gasteiger partial charge in [-0.15, -0.1) is 11.3 Å². The van der Waals surface area contributed by atoms with Gasteiger partial charge in [-0.2, -0.15) is 4.98 Å². The summed E-state index contributed by atoms with van der Waals surface area (Å²) < 4.78 is 16.1. The zero-order chi connectivity index (χ0) is 24.0. The van der Waals surface area contributed by atoms with Crippen molar-refractivity contribution in [2.75, 3.05) is 20.8 Å². The van der Waals surface area contributed by atoms with Gasteiger partial charge >= 0.3 is 0 Å². The van der Waals surface area contributed by atoms with Crippen molar-refractivity contribution in [3.63, 3.8) is 0 Å². The summed E-state index contributed by atoms with van der Waals surface area (Å²) in [4.78, 5) is 34.6. The molecule has 0 aliphatic heterocycles. The molecule has 1 aromatic carbocycles. The number of carbonyl (C=O) groups excluding carboxylic acids is 2. The van der Waals surface area contributed by atoms with Gasteiger partial charge in [-0.3, -0.25) is 20.4 Å². The fourth-order valence-corrected chi connectivity index (χ4v) is 4.45. The maximum atomic E-state index is 12.7. The molecule has 2 aromatic heterocycles. The van der Waals surface area contributed by atoms with E-state index in [1.807, 2.05) is 13.0 Å². The Bertz CT molecular complexity index is 1170. The summed E-state index contributed by atoms with van der Waals surface area (Å²) in [6, 6.07) is 5.36. The largest absolute Gasteiger partial charge is 0.493 e. The second kappa shape index (κ2) is 11.3. The SMILES string of the molecule is COCc1nc(OC)c2c(C)c(C(=O)NNC(=O)CCCOc3ccc(Cl)cc3C)sc2n1. The Kier molecular flexibility index (Phi) is 8.43. The zero-order valence-corrected chi connectivity index (χ0v) is 20.4. The number of methoxy groups -OCH3 is 2. The Labute approximate surface area is 200 Å².